The Morgan fingerprint density at radius 1 is 0.864 bits per heavy atom. The van der Waals surface area contributed by atoms with Gasteiger partial charge in [-0.15, -0.1) is 13.2 Å². The van der Waals surface area contributed by atoms with Crippen molar-refractivity contribution in [3.8, 4) is 0 Å². The minimum absolute atomic E-state index is 0. The first-order chi connectivity index (χ1) is 7.94. The molecule has 0 aromatic heterocycles. The van der Waals surface area contributed by atoms with Gasteiger partial charge < -0.3 is 19.6 Å². The van der Waals surface area contributed by atoms with Crippen LogP contribution in [0, 0.1) is 0 Å². The van der Waals surface area contributed by atoms with Crippen molar-refractivity contribution in [1.82, 2.24) is 0 Å². The van der Waals surface area contributed by atoms with E-state index in [2.05, 4.69) is 0 Å². The zero-order chi connectivity index (χ0) is 16.3. The summed E-state index contributed by atoms with van der Waals surface area (Å²) in [6, 6.07) is 0. The molecule has 1 unspecified atom stereocenters. The molecule has 0 aromatic rings. The minimum atomic E-state index is -7.04. The van der Waals surface area contributed by atoms with Crippen LogP contribution in [-0.2, 0) is 14.9 Å². The van der Waals surface area contributed by atoms with Crippen molar-refractivity contribution in [2.45, 2.75) is 17.7 Å². The fraction of sp³-hybridized carbons (Fsp3) is 0.750. The predicted octanol–water partition coefficient (Wildman–Crippen LogP) is -10.2. The van der Waals surface area contributed by atoms with Crippen molar-refractivity contribution < 1.29 is 120 Å². The Morgan fingerprint density at radius 3 is 1.14 bits per heavy atom. The van der Waals surface area contributed by atoms with Gasteiger partial charge in [-0.25, -0.2) is 13.2 Å². The van der Waals surface area contributed by atoms with E-state index in [9.17, 15) is 43.7 Å². The number of carbonyl (C=O) groups excluding carboxylic acids is 1. The van der Waals surface area contributed by atoms with Crippen molar-refractivity contribution >= 4 is 16.3 Å². The SMILES string of the molecule is O=C([O-])[O-].O=S(=O)([O-])C(F)(OC(F)(F)F)C(F)(F)F.[Li+].[Li+].[Li+]. The van der Waals surface area contributed by atoms with Crippen LogP contribution in [-0.4, -0.2) is 36.9 Å². The Bertz CT molecular complexity index is 419. The average molecular weight is 346 g/mol. The molecule has 1 atom stereocenters. The van der Waals surface area contributed by atoms with Crippen LogP contribution >= 0.6 is 0 Å². The Hall–Kier alpha value is 0.442. The molecule has 18 heteroatoms. The van der Waals surface area contributed by atoms with Crippen LogP contribution in [0.15, 0.2) is 0 Å². The van der Waals surface area contributed by atoms with Gasteiger partial charge in [-0.2, -0.15) is 17.6 Å². The van der Waals surface area contributed by atoms with Crippen LogP contribution in [0.5, 0.6) is 0 Å². The number of halogens is 7. The minimum Gasteiger partial charge on any atom is -0.743 e. The summed E-state index contributed by atoms with van der Waals surface area (Å²) in [5.41, 5.74) is 0. The Labute approximate surface area is 153 Å². The molecule has 0 radical (unpaired) electrons. The van der Waals surface area contributed by atoms with Crippen LogP contribution in [0.4, 0.5) is 35.5 Å². The number of rotatable bonds is 2. The molecule has 0 aliphatic rings. The first-order valence-electron chi connectivity index (χ1n) is 3.30. The molecule has 0 fully saturated rings. The van der Waals surface area contributed by atoms with Gasteiger partial charge in [0.1, 0.15) is 0 Å². The largest absolute Gasteiger partial charge is 1.00 e. The summed E-state index contributed by atoms with van der Waals surface area (Å²) in [5.74, 6) is 0. The number of alkyl halides is 7. The maximum atomic E-state index is 12.3. The molecule has 7 nitrogen and oxygen atoms in total. The Balaban J connectivity index is -0.000000123. The molecule has 0 aliphatic carbocycles. The number of carboxylic acid groups (broad SMARTS) is 2. The van der Waals surface area contributed by atoms with Crippen LogP contribution in [0.2, 0.25) is 0 Å². The molecular weight excluding hydrogens is 346 g/mol. The van der Waals surface area contributed by atoms with E-state index in [1.165, 1.54) is 0 Å². The molecule has 116 valence electrons. The summed E-state index contributed by atoms with van der Waals surface area (Å²) < 4.78 is 111. The summed E-state index contributed by atoms with van der Waals surface area (Å²) in [7, 11) is -7.04. The first kappa shape index (κ1) is 33.9. The Morgan fingerprint density at radius 2 is 1.09 bits per heavy atom. The molecule has 0 saturated heterocycles. The number of ether oxygens (including phenoxy) is 1. The monoisotopic (exact) mass is 346 g/mol. The quantitative estimate of drug-likeness (QED) is 0.276. The Kier molecular flexibility index (Phi) is 17.1. The summed E-state index contributed by atoms with van der Waals surface area (Å²) in [6.07, 6.45) is -15.3. The van der Waals surface area contributed by atoms with E-state index in [-0.39, 0.29) is 56.6 Å². The number of hydrogen-bond acceptors (Lipinski definition) is 7. The van der Waals surface area contributed by atoms with Crippen LogP contribution in [0.25, 0.3) is 0 Å². The molecule has 0 aromatic carbocycles. The maximum Gasteiger partial charge on any atom is 1.00 e. The van der Waals surface area contributed by atoms with Crippen LogP contribution < -0.4 is 66.8 Å². The van der Waals surface area contributed by atoms with Crippen LogP contribution in [0.1, 0.15) is 0 Å². The van der Waals surface area contributed by atoms with Gasteiger partial charge >= 0.3 is 74.3 Å². The van der Waals surface area contributed by atoms with Gasteiger partial charge in [-0.1, -0.05) is 0 Å². The fourth-order valence-electron chi connectivity index (χ4n) is 0.399. The third-order valence-corrected chi connectivity index (χ3v) is 1.87. The van der Waals surface area contributed by atoms with Gasteiger partial charge in [0.2, 0.25) is 0 Å². The molecule has 0 saturated carbocycles. The van der Waals surface area contributed by atoms with Gasteiger partial charge in [-0.05, 0) is 6.16 Å². The topological polar surface area (TPSA) is 130 Å². The zero-order valence-electron chi connectivity index (χ0n) is 10.9. The number of carbonyl (C=O) groups is 1. The van der Waals surface area contributed by atoms with Gasteiger partial charge in [-0.3, -0.25) is 0 Å². The normalized spacial score (nSPS) is 13.8. The fourth-order valence-corrected chi connectivity index (χ4v) is 0.880. The average Bonchev–Trinajstić information content (AvgIpc) is 1.94. The van der Waals surface area contributed by atoms with Crippen molar-refractivity contribution in [3.05, 3.63) is 0 Å². The van der Waals surface area contributed by atoms with Gasteiger partial charge in [0, 0.05) is 0 Å². The van der Waals surface area contributed by atoms with Gasteiger partial charge in [0.15, 0.2) is 10.1 Å². The maximum absolute atomic E-state index is 12.3. The van der Waals surface area contributed by atoms with Crippen LogP contribution in [0.3, 0.4) is 0 Å². The smallest absolute Gasteiger partial charge is 0.743 e. The van der Waals surface area contributed by atoms with E-state index in [1.54, 1.807) is 4.74 Å². The molecule has 0 aliphatic heterocycles. The third kappa shape index (κ3) is 12.9. The third-order valence-electron chi connectivity index (χ3n) is 0.907. The van der Waals surface area contributed by atoms with Crippen molar-refractivity contribution in [1.29, 1.82) is 0 Å². The van der Waals surface area contributed by atoms with E-state index in [0.717, 1.165) is 0 Å². The van der Waals surface area contributed by atoms with E-state index >= 15 is 0 Å². The van der Waals surface area contributed by atoms with E-state index in [4.69, 9.17) is 15.0 Å². The molecule has 0 heterocycles. The number of hydrogen-bond donors (Lipinski definition) is 0. The second-order valence-electron chi connectivity index (χ2n) is 2.29. The van der Waals surface area contributed by atoms with E-state index in [1.807, 2.05) is 0 Å². The molecule has 0 amide bonds. The van der Waals surface area contributed by atoms with Crippen molar-refractivity contribution in [2.75, 3.05) is 0 Å². The van der Waals surface area contributed by atoms with E-state index < -0.39 is 34.0 Å². The zero-order valence-corrected chi connectivity index (χ0v) is 11.7. The second-order valence-corrected chi connectivity index (χ2v) is 3.72. The van der Waals surface area contributed by atoms with E-state index in [0.29, 0.717) is 0 Å². The first-order valence-corrected chi connectivity index (χ1v) is 4.71. The van der Waals surface area contributed by atoms with Crippen molar-refractivity contribution in [2.24, 2.45) is 0 Å². The van der Waals surface area contributed by atoms with Gasteiger partial charge in [0.25, 0.3) is 0 Å². The summed E-state index contributed by atoms with van der Waals surface area (Å²) in [6.45, 7) is 0. The molecular formula is C4F7Li3O7S. The molecule has 0 bridgehead atoms. The summed E-state index contributed by atoms with van der Waals surface area (Å²) >= 11 is 0. The summed E-state index contributed by atoms with van der Waals surface area (Å²) in [4.78, 5) is 8.33. The standard InChI is InChI=1S/C3HF7O4S.CH2O3.3Li/c4-1(5,6)2(7,15(11,12)13)14-3(8,9)10;2-1(3)4;;;/h(H,11,12,13);(H2,2,3,4);;;/q;;3*+1/p-3. The molecule has 0 N–H and O–H groups in total. The van der Waals surface area contributed by atoms with Crippen molar-refractivity contribution in [3.63, 3.8) is 0 Å². The molecule has 0 spiro atoms. The summed E-state index contributed by atoms with van der Waals surface area (Å²) in [5, 5.41) is 10.3. The predicted molar refractivity (Wildman–Crippen MR) is 32.1 cm³/mol. The second kappa shape index (κ2) is 11.1. The molecule has 0 rings (SSSR count). The van der Waals surface area contributed by atoms with Gasteiger partial charge in [0.05, 0.1) is 0 Å². The molecule has 22 heavy (non-hydrogen) atoms.